The lowest BCUT2D eigenvalue weighted by Crippen LogP contribution is -2.35. The lowest BCUT2D eigenvalue weighted by Gasteiger charge is -2.45. The Morgan fingerprint density at radius 2 is 1.86 bits per heavy atom. The molecule has 1 aliphatic carbocycles. The molecule has 0 aliphatic heterocycles. The topological polar surface area (TPSA) is 68.0 Å². The smallest absolute Gasteiger partial charge is 0.313 e. The summed E-state index contributed by atoms with van der Waals surface area (Å²) in [6.07, 6.45) is 3.36. The highest BCUT2D eigenvalue weighted by Crippen LogP contribution is 2.50. The first-order valence-electron chi connectivity index (χ1n) is 7.36. The maximum atomic E-state index is 10.8. The average Bonchev–Trinajstić information content (AvgIpc) is 2.63. The van der Waals surface area contributed by atoms with E-state index in [4.69, 9.17) is 5.11 Å². The number of rotatable bonds is 4. The molecule has 0 amide bonds. The minimum atomic E-state index is -0.823. The van der Waals surface area contributed by atoms with E-state index >= 15 is 0 Å². The first-order chi connectivity index (χ1) is 9.60. The van der Waals surface area contributed by atoms with Crippen molar-refractivity contribution in [3.8, 4) is 0 Å². The quantitative estimate of drug-likeness (QED) is 0.861. The van der Waals surface area contributed by atoms with Gasteiger partial charge in [0.1, 0.15) is 5.82 Å². The number of hydrogen-bond acceptors (Lipinski definition) is 4. The van der Waals surface area contributed by atoms with Crippen LogP contribution in [0.4, 0.5) is 0 Å². The van der Waals surface area contributed by atoms with Crippen LogP contribution in [0.15, 0.2) is 5.16 Å². The SMILES string of the molecule is Cc1nnc(SCC(=O)O)n1C1CC(C)(C)CC(C)(C)C1. The van der Waals surface area contributed by atoms with Gasteiger partial charge in [-0.1, -0.05) is 39.5 Å². The molecule has 1 saturated carbocycles. The van der Waals surface area contributed by atoms with Crippen molar-refractivity contribution in [2.45, 2.75) is 65.1 Å². The molecule has 1 heterocycles. The van der Waals surface area contributed by atoms with Crippen molar-refractivity contribution in [2.24, 2.45) is 10.8 Å². The van der Waals surface area contributed by atoms with Gasteiger partial charge in [-0.05, 0) is 37.0 Å². The van der Waals surface area contributed by atoms with E-state index in [1.54, 1.807) is 0 Å². The Hall–Kier alpha value is -1.04. The summed E-state index contributed by atoms with van der Waals surface area (Å²) in [5.74, 6) is 0.0790. The predicted octanol–water partition coefficient (Wildman–Crippen LogP) is 3.54. The molecule has 1 fully saturated rings. The zero-order chi connectivity index (χ0) is 15.8. The van der Waals surface area contributed by atoms with Gasteiger partial charge in [0.15, 0.2) is 5.16 Å². The normalized spacial score (nSPS) is 21.4. The molecule has 0 saturated heterocycles. The second-order valence-electron chi connectivity index (χ2n) is 7.65. The molecule has 1 aliphatic rings. The number of thioether (sulfide) groups is 1. The van der Waals surface area contributed by atoms with Crippen LogP contribution < -0.4 is 0 Å². The molecule has 2 rings (SSSR count). The van der Waals surface area contributed by atoms with Crippen LogP contribution in [-0.2, 0) is 4.79 Å². The van der Waals surface area contributed by atoms with Gasteiger partial charge in [0, 0.05) is 6.04 Å². The van der Waals surface area contributed by atoms with Crippen LogP contribution in [0.25, 0.3) is 0 Å². The maximum Gasteiger partial charge on any atom is 0.313 e. The fourth-order valence-electron chi connectivity index (χ4n) is 3.97. The Morgan fingerprint density at radius 1 is 1.29 bits per heavy atom. The van der Waals surface area contributed by atoms with Gasteiger partial charge in [-0.3, -0.25) is 4.79 Å². The molecule has 0 spiro atoms. The van der Waals surface area contributed by atoms with Gasteiger partial charge in [0.05, 0.1) is 5.75 Å². The van der Waals surface area contributed by atoms with Crippen LogP contribution in [-0.4, -0.2) is 31.6 Å². The zero-order valence-corrected chi connectivity index (χ0v) is 14.3. The van der Waals surface area contributed by atoms with Gasteiger partial charge in [0.2, 0.25) is 0 Å². The van der Waals surface area contributed by atoms with Crippen LogP contribution in [0.3, 0.4) is 0 Å². The number of aryl methyl sites for hydroxylation is 1. The number of aliphatic carboxylic acids is 1. The summed E-state index contributed by atoms with van der Waals surface area (Å²) in [5, 5.41) is 17.9. The van der Waals surface area contributed by atoms with Crippen LogP contribution in [0.5, 0.6) is 0 Å². The number of carbonyl (C=O) groups is 1. The molecule has 0 bridgehead atoms. The third-order valence-electron chi connectivity index (χ3n) is 4.06. The van der Waals surface area contributed by atoms with E-state index in [1.807, 2.05) is 6.92 Å². The van der Waals surface area contributed by atoms with Gasteiger partial charge >= 0.3 is 5.97 Å². The van der Waals surface area contributed by atoms with Gasteiger partial charge in [-0.15, -0.1) is 10.2 Å². The Morgan fingerprint density at radius 3 is 2.38 bits per heavy atom. The van der Waals surface area contributed by atoms with E-state index in [-0.39, 0.29) is 16.6 Å². The lowest BCUT2D eigenvalue weighted by atomic mass is 9.63. The van der Waals surface area contributed by atoms with Crippen molar-refractivity contribution < 1.29 is 9.90 Å². The second kappa shape index (κ2) is 5.63. The molecule has 0 atom stereocenters. The number of carboxylic acids is 1. The maximum absolute atomic E-state index is 10.8. The first-order valence-corrected chi connectivity index (χ1v) is 8.34. The minimum Gasteiger partial charge on any atom is -0.481 e. The molecule has 1 N–H and O–H groups in total. The van der Waals surface area contributed by atoms with E-state index in [9.17, 15) is 4.79 Å². The molecule has 0 aromatic carbocycles. The standard InChI is InChI=1S/C15H25N3O2S/c1-10-16-17-13(21-8-12(19)20)18(10)11-6-14(2,3)9-15(4,5)7-11/h11H,6-9H2,1-5H3,(H,19,20). The van der Waals surface area contributed by atoms with Crippen LogP contribution in [0, 0.1) is 17.8 Å². The Kier molecular flexibility index (Phi) is 4.38. The van der Waals surface area contributed by atoms with Crippen molar-refractivity contribution >= 4 is 17.7 Å². The summed E-state index contributed by atoms with van der Waals surface area (Å²) in [7, 11) is 0. The van der Waals surface area contributed by atoms with Crippen molar-refractivity contribution in [1.29, 1.82) is 0 Å². The third kappa shape index (κ3) is 3.99. The van der Waals surface area contributed by atoms with Gasteiger partial charge in [0.25, 0.3) is 0 Å². The first kappa shape index (κ1) is 16.3. The van der Waals surface area contributed by atoms with Crippen molar-refractivity contribution in [2.75, 3.05) is 5.75 Å². The number of hydrogen-bond donors (Lipinski definition) is 1. The molecular formula is C15H25N3O2S. The monoisotopic (exact) mass is 311 g/mol. The average molecular weight is 311 g/mol. The number of carboxylic acid groups (broad SMARTS) is 1. The number of aromatic nitrogens is 3. The Labute approximate surface area is 130 Å². The molecule has 0 radical (unpaired) electrons. The summed E-state index contributed by atoms with van der Waals surface area (Å²) in [6.45, 7) is 11.2. The van der Waals surface area contributed by atoms with E-state index in [0.717, 1.165) is 23.8 Å². The molecule has 6 heteroatoms. The van der Waals surface area contributed by atoms with Crippen molar-refractivity contribution in [3.63, 3.8) is 0 Å². The van der Waals surface area contributed by atoms with Gasteiger partial charge in [-0.2, -0.15) is 0 Å². The Balaban J connectivity index is 2.28. The van der Waals surface area contributed by atoms with E-state index in [0.29, 0.717) is 6.04 Å². The van der Waals surface area contributed by atoms with Crippen molar-refractivity contribution in [3.05, 3.63) is 5.82 Å². The van der Waals surface area contributed by atoms with E-state index in [1.165, 1.54) is 18.2 Å². The van der Waals surface area contributed by atoms with Gasteiger partial charge < -0.3 is 9.67 Å². The highest BCUT2D eigenvalue weighted by atomic mass is 32.2. The number of nitrogens with zero attached hydrogens (tertiary/aromatic N) is 3. The summed E-state index contributed by atoms with van der Waals surface area (Å²) < 4.78 is 2.15. The predicted molar refractivity (Wildman–Crippen MR) is 83.6 cm³/mol. The molecule has 1 aromatic rings. The summed E-state index contributed by atoms with van der Waals surface area (Å²) >= 11 is 1.26. The summed E-state index contributed by atoms with van der Waals surface area (Å²) in [5.41, 5.74) is 0.551. The van der Waals surface area contributed by atoms with Crippen molar-refractivity contribution in [1.82, 2.24) is 14.8 Å². The molecule has 21 heavy (non-hydrogen) atoms. The van der Waals surface area contributed by atoms with Crippen LogP contribution >= 0.6 is 11.8 Å². The molecule has 5 nitrogen and oxygen atoms in total. The molecule has 0 unspecified atom stereocenters. The van der Waals surface area contributed by atoms with Gasteiger partial charge in [-0.25, -0.2) is 0 Å². The fourth-order valence-corrected chi connectivity index (χ4v) is 4.74. The van der Waals surface area contributed by atoms with Crippen LogP contribution in [0.1, 0.15) is 58.8 Å². The third-order valence-corrected chi connectivity index (χ3v) is 4.99. The highest BCUT2D eigenvalue weighted by Gasteiger charge is 2.40. The lowest BCUT2D eigenvalue weighted by molar-refractivity contribution is -0.133. The zero-order valence-electron chi connectivity index (χ0n) is 13.5. The highest BCUT2D eigenvalue weighted by molar-refractivity contribution is 7.99. The fraction of sp³-hybridized carbons (Fsp3) is 0.800. The largest absolute Gasteiger partial charge is 0.481 e. The minimum absolute atomic E-state index is 0.0254. The molecule has 118 valence electrons. The summed E-state index contributed by atoms with van der Waals surface area (Å²) in [6, 6.07) is 0.343. The van der Waals surface area contributed by atoms with E-state index < -0.39 is 5.97 Å². The van der Waals surface area contributed by atoms with Crippen LogP contribution in [0.2, 0.25) is 0 Å². The summed E-state index contributed by atoms with van der Waals surface area (Å²) in [4.78, 5) is 10.8. The van der Waals surface area contributed by atoms with E-state index in [2.05, 4.69) is 42.5 Å². The molecule has 1 aromatic heterocycles. The molecular weight excluding hydrogens is 286 g/mol. The second-order valence-corrected chi connectivity index (χ2v) is 8.59. The Bertz CT molecular complexity index is 521.